The van der Waals surface area contributed by atoms with Crippen LogP contribution >= 0.6 is 0 Å². The van der Waals surface area contributed by atoms with Crippen molar-refractivity contribution in [3.05, 3.63) is 51.6 Å². The van der Waals surface area contributed by atoms with Gasteiger partial charge in [0.25, 0.3) is 11.6 Å². The Balaban J connectivity index is 1.64. The maximum Gasteiger partial charge on any atom is 0.273 e. The Morgan fingerprint density at radius 2 is 1.93 bits per heavy atom. The van der Waals surface area contributed by atoms with E-state index in [-0.39, 0.29) is 11.6 Å². The Labute approximate surface area is 156 Å². The molecule has 0 N–H and O–H groups in total. The van der Waals surface area contributed by atoms with Gasteiger partial charge in [-0.2, -0.15) is 0 Å². The Hall–Kier alpha value is -3.23. The number of anilines is 1. The molecule has 1 aliphatic rings. The third-order valence-corrected chi connectivity index (χ3v) is 4.46. The van der Waals surface area contributed by atoms with E-state index in [1.807, 2.05) is 17.9 Å². The number of piperazine rings is 1. The molecule has 1 aromatic heterocycles. The minimum atomic E-state index is -0.464. The van der Waals surface area contributed by atoms with E-state index in [1.54, 1.807) is 30.0 Å². The van der Waals surface area contributed by atoms with Crippen LogP contribution < -0.4 is 9.64 Å². The van der Waals surface area contributed by atoms with E-state index >= 15 is 0 Å². The van der Waals surface area contributed by atoms with Crippen LogP contribution in [-0.2, 0) is 0 Å². The lowest BCUT2D eigenvalue weighted by Gasteiger charge is -2.35. The second kappa shape index (κ2) is 7.98. The number of aromatic nitrogens is 2. The van der Waals surface area contributed by atoms with Crippen LogP contribution in [0.1, 0.15) is 22.8 Å². The largest absolute Gasteiger partial charge is 0.477 e. The van der Waals surface area contributed by atoms with Crippen molar-refractivity contribution in [3.8, 4) is 5.88 Å². The molecular formula is C18H21N5O4. The number of ether oxygens (including phenoxy) is 1. The van der Waals surface area contributed by atoms with E-state index in [1.165, 1.54) is 6.07 Å². The Morgan fingerprint density at radius 3 is 2.52 bits per heavy atom. The molecule has 1 aliphatic heterocycles. The highest BCUT2D eigenvalue weighted by Gasteiger charge is 2.24. The lowest BCUT2D eigenvalue weighted by Crippen LogP contribution is -2.49. The molecule has 0 radical (unpaired) electrons. The summed E-state index contributed by atoms with van der Waals surface area (Å²) < 4.78 is 5.29. The van der Waals surface area contributed by atoms with Gasteiger partial charge in [-0.1, -0.05) is 6.07 Å². The fourth-order valence-electron chi connectivity index (χ4n) is 2.97. The number of nitrogens with zero attached hydrogens (tertiary/aromatic N) is 5. The monoisotopic (exact) mass is 371 g/mol. The number of nitro groups is 1. The van der Waals surface area contributed by atoms with E-state index in [2.05, 4.69) is 10.2 Å². The summed E-state index contributed by atoms with van der Waals surface area (Å²) in [6.45, 7) is 6.32. The van der Waals surface area contributed by atoms with E-state index < -0.39 is 4.92 Å². The second-order valence-electron chi connectivity index (χ2n) is 6.20. The number of aryl methyl sites for hydroxylation is 1. The number of rotatable bonds is 5. The smallest absolute Gasteiger partial charge is 0.273 e. The van der Waals surface area contributed by atoms with Gasteiger partial charge in [0.1, 0.15) is 0 Å². The summed E-state index contributed by atoms with van der Waals surface area (Å²) in [6, 6.07) is 8.21. The summed E-state index contributed by atoms with van der Waals surface area (Å²) in [7, 11) is 0. The van der Waals surface area contributed by atoms with Crippen molar-refractivity contribution in [2.45, 2.75) is 13.8 Å². The van der Waals surface area contributed by atoms with E-state index in [0.29, 0.717) is 49.8 Å². The molecule has 1 saturated heterocycles. The zero-order chi connectivity index (χ0) is 19.4. The molecular weight excluding hydrogens is 350 g/mol. The standard InChI is InChI=1S/C18H21N5O4/c1-3-27-17-7-6-16(19-20-17)21-8-10-22(11-9-21)18(24)14-5-4-13(2)15(12-14)23(25)26/h4-7,12H,3,8-11H2,1-2H3. The molecule has 9 heteroatoms. The van der Waals surface area contributed by atoms with Gasteiger partial charge in [-0.15, -0.1) is 10.2 Å². The van der Waals surface area contributed by atoms with Crippen molar-refractivity contribution in [2.75, 3.05) is 37.7 Å². The molecule has 0 aliphatic carbocycles. The summed E-state index contributed by atoms with van der Waals surface area (Å²) in [5.41, 5.74) is 0.834. The second-order valence-corrected chi connectivity index (χ2v) is 6.20. The van der Waals surface area contributed by atoms with Gasteiger partial charge in [-0.05, 0) is 26.0 Å². The molecule has 0 unspecified atom stereocenters. The highest BCUT2D eigenvalue weighted by molar-refractivity contribution is 5.95. The van der Waals surface area contributed by atoms with Gasteiger partial charge in [0.05, 0.1) is 11.5 Å². The van der Waals surface area contributed by atoms with Crippen molar-refractivity contribution < 1.29 is 14.5 Å². The van der Waals surface area contributed by atoms with E-state index in [4.69, 9.17) is 4.74 Å². The first-order valence-corrected chi connectivity index (χ1v) is 8.75. The van der Waals surface area contributed by atoms with Crippen LogP contribution in [0.3, 0.4) is 0 Å². The van der Waals surface area contributed by atoms with Crippen LogP contribution in [0.5, 0.6) is 5.88 Å². The Kier molecular flexibility index (Phi) is 5.49. The van der Waals surface area contributed by atoms with Gasteiger partial charge in [0.15, 0.2) is 5.82 Å². The van der Waals surface area contributed by atoms with Gasteiger partial charge in [-0.3, -0.25) is 14.9 Å². The molecule has 3 rings (SSSR count). The number of nitro benzene ring substituents is 1. The molecule has 9 nitrogen and oxygen atoms in total. The molecule has 0 spiro atoms. The molecule has 2 heterocycles. The average molecular weight is 371 g/mol. The van der Waals surface area contributed by atoms with E-state index in [0.717, 1.165) is 5.82 Å². The molecule has 0 bridgehead atoms. The van der Waals surface area contributed by atoms with Crippen molar-refractivity contribution in [3.63, 3.8) is 0 Å². The third kappa shape index (κ3) is 4.13. The van der Waals surface area contributed by atoms with Crippen molar-refractivity contribution in [1.29, 1.82) is 0 Å². The SMILES string of the molecule is CCOc1ccc(N2CCN(C(=O)c3ccc(C)c([N+](=O)[O-])c3)CC2)nn1. The molecule has 1 aromatic carbocycles. The van der Waals surface area contributed by atoms with Gasteiger partial charge in [0.2, 0.25) is 5.88 Å². The lowest BCUT2D eigenvalue weighted by atomic mass is 10.1. The number of carbonyl (C=O) groups excluding carboxylic acids is 1. The number of amides is 1. The van der Waals surface area contributed by atoms with Crippen LogP contribution in [0.4, 0.5) is 11.5 Å². The maximum absolute atomic E-state index is 12.7. The molecule has 27 heavy (non-hydrogen) atoms. The number of benzene rings is 1. The Morgan fingerprint density at radius 1 is 1.19 bits per heavy atom. The highest BCUT2D eigenvalue weighted by Crippen LogP contribution is 2.21. The summed E-state index contributed by atoms with van der Waals surface area (Å²) in [5.74, 6) is 1.02. The summed E-state index contributed by atoms with van der Waals surface area (Å²) in [6.07, 6.45) is 0. The quantitative estimate of drug-likeness (QED) is 0.585. The average Bonchev–Trinajstić information content (AvgIpc) is 2.68. The first-order chi connectivity index (χ1) is 13.0. The first-order valence-electron chi connectivity index (χ1n) is 8.75. The summed E-state index contributed by atoms with van der Waals surface area (Å²) in [4.78, 5) is 27.1. The van der Waals surface area contributed by atoms with Crippen LogP contribution in [0.15, 0.2) is 30.3 Å². The van der Waals surface area contributed by atoms with Crippen LogP contribution in [0.25, 0.3) is 0 Å². The van der Waals surface area contributed by atoms with E-state index in [9.17, 15) is 14.9 Å². The predicted octanol–water partition coefficient (Wildman–Crippen LogP) is 2.05. The highest BCUT2D eigenvalue weighted by atomic mass is 16.6. The summed E-state index contributed by atoms with van der Waals surface area (Å²) in [5, 5.41) is 19.3. The number of hydrogen-bond acceptors (Lipinski definition) is 7. The molecule has 1 fully saturated rings. The Bertz CT molecular complexity index is 832. The normalized spacial score (nSPS) is 14.1. The topological polar surface area (TPSA) is 102 Å². The predicted molar refractivity (Wildman–Crippen MR) is 99.2 cm³/mol. The number of hydrogen-bond donors (Lipinski definition) is 0. The number of carbonyl (C=O) groups is 1. The van der Waals surface area contributed by atoms with Crippen LogP contribution in [0, 0.1) is 17.0 Å². The van der Waals surface area contributed by atoms with Crippen molar-refractivity contribution in [2.24, 2.45) is 0 Å². The fourth-order valence-corrected chi connectivity index (χ4v) is 2.97. The molecule has 2 aromatic rings. The van der Waals surface area contributed by atoms with Crippen LogP contribution in [0.2, 0.25) is 0 Å². The molecule has 0 atom stereocenters. The van der Waals surface area contributed by atoms with Gasteiger partial charge in [0, 0.05) is 49.4 Å². The van der Waals surface area contributed by atoms with Gasteiger partial charge < -0.3 is 14.5 Å². The maximum atomic E-state index is 12.7. The van der Waals surface area contributed by atoms with Gasteiger partial charge in [-0.25, -0.2) is 0 Å². The summed E-state index contributed by atoms with van der Waals surface area (Å²) >= 11 is 0. The molecule has 0 saturated carbocycles. The fraction of sp³-hybridized carbons (Fsp3) is 0.389. The minimum Gasteiger partial charge on any atom is -0.477 e. The zero-order valence-corrected chi connectivity index (χ0v) is 15.3. The third-order valence-electron chi connectivity index (χ3n) is 4.46. The molecule has 142 valence electrons. The van der Waals surface area contributed by atoms with Crippen molar-refractivity contribution >= 4 is 17.4 Å². The van der Waals surface area contributed by atoms with Crippen LogP contribution in [-0.4, -0.2) is 58.7 Å². The molecule has 1 amide bonds. The first kappa shape index (κ1) is 18.6. The lowest BCUT2D eigenvalue weighted by molar-refractivity contribution is -0.385. The minimum absolute atomic E-state index is 0.0378. The zero-order valence-electron chi connectivity index (χ0n) is 15.3. The van der Waals surface area contributed by atoms with Gasteiger partial charge >= 0.3 is 0 Å². The van der Waals surface area contributed by atoms with Crippen molar-refractivity contribution in [1.82, 2.24) is 15.1 Å².